The average Bonchev–Trinajstić information content (AvgIpc) is 3.35. The molecule has 1 unspecified atom stereocenters. The number of amides is 2. The van der Waals surface area contributed by atoms with E-state index in [4.69, 9.17) is 15.2 Å². The molecule has 2 amide bonds. The summed E-state index contributed by atoms with van der Waals surface area (Å²) >= 11 is 1.18. The molecule has 0 spiro atoms. The van der Waals surface area contributed by atoms with E-state index in [0.29, 0.717) is 47.6 Å². The van der Waals surface area contributed by atoms with E-state index in [1.54, 1.807) is 24.3 Å². The van der Waals surface area contributed by atoms with Gasteiger partial charge in [0.25, 0.3) is 11.1 Å². The lowest BCUT2D eigenvalue weighted by Crippen LogP contribution is -2.33. The lowest BCUT2D eigenvalue weighted by molar-refractivity contribution is 0.0954. The standard InChI is InChI=1S/C25H36N4O5S/c26-23(31)19-8-10-21(11-9-19)33-14-13-27-15-20(30)17-34-25-29-16-22(35-25)24(32)28-12-4-7-18-5-2-1-3-6-18/h8-11,16,18,20,27,30H,1-7,12-15,17H2,(H2,26,31)(H,28,32). The normalized spacial score (nSPS) is 14.9. The number of aliphatic hydroxyl groups excluding tert-OH is 1. The van der Waals surface area contributed by atoms with Crippen LogP contribution in [0.1, 0.15) is 65.0 Å². The van der Waals surface area contributed by atoms with Crippen LogP contribution >= 0.6 is 11.3 Å². The maximum atomic E-state index is 12.3. The number of aliphatic hydroxyl groups is 1. The van der Waals surface area contributed by atoms with Gasteiger partial charge < -0.3 is 30.9 Å². The van der Waals surface area contributed by atoms with Crippen LogP contribution in [0, 0.1) is 5.92 Å². The highest BCUT2D eigenvalue weighted by Gasteiger charge is 2.15. The smallest absolute Gasteiger partial charge is 0.273 e. The van der Waals surface area contributed by atoms with E-state index in [2.05, 4.69) is 15.6 Å². The summed E-state index contributed by atoms with van der Waals surface area (Å²) in [6.07, 6.45) is 9.66. The summed E-state index contributed by atoms with van der Waals surface area (Å²) in [4.78, 5) is 28.0. The van der Waals surface area contributed by atoms with Crippen LogP contribution in [0.5, 0.6) is 10.9 Å². The number of ether oxygens (including phenoxy) is 2. The SMILES string of the molecule is NC(=O)c1ccc(OCCNCC(O)COc2ncc(C(=O)NCCCC3CCCCC3)s2)cc1. The van der Waals surface area contributed by atoms with Crippen LogP contribution in [0.25, 0.3) is 0 Å². The molecule has 9 nitrogen and oxygen atoms in total. The van der Waals surface area contributed by atoms with Gasteiger partial charge in [-0.3, -0.25) is 9.59 Å². The first-order valence-corrected chi connectivity index (χ1v) is 13.1. The fourth-order valence-corrected chi connectivity index (χ4v) is 4.73. The summed E-state index contributed by atoms with van der Waals surface area (Å²) in [6.45, 7) is 1.99. The number of nitrogens with two attached hydrogens (primary N) is 1. The third-order valence-electron chi connectivity index (χ3n) is 5.97. The minimum Gasteiger partial charge on any atom is -0.492 e. The molecule has 3 rings (SSSR count). The van der Waals surface area contributed by atoms with Crippen molar-refractivity contribution in [3.63, 3.8) is 0 Å². The number of nitrogens with one attached hydrogen (secondary N) is 2. The van der Waals surface area contributed by atoms with Gasteiger partial charge in [-0.25, -0.2) is 4.98 Å². The number of benzene rings is 1. The van der Waals surface area contributed by atoms with Crippen molar-refractivity contribution in [3.8, 4) is 10.9 Å². The number of carbonyl (C=O) groups excluding carboxylic acids is 2. The highest BCUT2D eigenvalue weighted by molar-refractivity contribution is 7.15. The number of rotatable bonds is 15. The van der Waals surface area contributed by atoms with Crippen molar-refractivity contribution in [1.29, 1.82) is 0 Å². The maximum Gasteiger partial charge on any atom is 0.273 e. The third-order valence-corrected chi connectivity index (χ3v) is 6.88. The van der Waals surface area contributed by atoms with Crippen molar-refractivity contribution in [2.24, 2.45) is 11.7 Å². The Morgan fingerprint density at radius 1 is 1.14 bits per heavy atom. The van der Waals surface area contributed by atoms with Crippen molar-refractivity contribution in [1.82, 2.24) is 15.6 Å². The van der Waals surface area contributed by atoms with Crippen LogP contribution in [-0.2, 0) is 0 Å². The van der Waals surface area contributed by atoms with Gasteiger partial charge in [0.05, 0.1) is 6.20 Å². The molecule has 0 aliphatic heterocycles. The molecule has 192 valence electrons. The molecule has 1 aliphatic carbocycles. The van der Waals surface area contributed by atoms with Gasteiger partial charge in [0.1, 0.15) is 29.9 Å². The van der Waals surface area contributed by atoms with Crippen molar-refractivity contribution >= 4 is 23.2 Å². The minimum atomic E-state index is -0.731. The Labute approximate surface area is 210 Å². The molecule has 2 aromatic rings. The van der Waals surface area contributed by atoms with E-state index in [9.17, 15) is 14.7 Å². The van der Waals surface area contributed by atoms with Crippen LogP contribution < -0.4 is 25.8 Å². The van der Waals surface area contributed by atoms with E-state index in [1.165, 1.54) is 56.1 Å². The molecule has 1 aliphatic rings. The Bertz CT molecular complexity index is 915. The highest BCUT2D eigenvalue weighted by Crippen LogP contribution is 2.27. The Hall–Kier alpha value is -2.69. The molecule has 0 radical (unpaired) electrons. The quantitative estimate of drug-likeness (QED) is 0.274. The number of aromatic nitrogens is 1. The average molecular weight is 505 g/mol. The zero-order valence-corrected chi connectivity index (χ0v) is 20.9. The lowest BCUT2D eigenvalue weighted by Gasteiger charge is -2.21. The number of nitrogens with zero attached hydrogens (tertiary/aromatic N) is 1. The molecule has 1 saturated carbocycles. The number of primary amides is 1. The van der Waals surface area contributed by atoms with E-state index in [0.717, 1.165) is 12.3 Å². The van der Waals surface area contributed by atoms with Crippen LogP contribution in [-0.4, -0.2) is 60.9 Å². The topological polar surface area (TPSA) is 136 Å². The predicted octanol–water partition coefficient (Wildman–Crippen LogP) is 2.74. The van der Waals surface area contributed by atoms with E-state index in [1.807, 2.05) is 0 Å². The predicted molar refractivity (Wildman–Crippen MR) is 135 cm³/mol. The summed E-state index contributed by atoms with van der Waals surface area (Å²) < 4.78 is 11.1. The second-order valence-electron chi connectivity index (χ2n) is 8.80. The molecule has 10 heteroatoms. The van der Waals surface area contributed by atoms with Crippen molar-refractivity contribution in [2.75, 3.05) is 32.8 Å². The Balaban J connectivity index is 1.23. The molecule has 1 aromatic carbocycles. The monoisotopic (exact) mass is 504 g/mol. The van der Waals surface area contributed by atoms with Gasteiger partial charge in [0, 0.05) is 25.2 Å². The summed E-state index contributed by atoms with van der Waals surface area (Å²) in [5.41, 5.74) is 5.63. The van der Waals surface area contributed by atoms with Crippen molar-refractivity contribution in [3.05, 3.63) is 40.9 Å². The number of thiazole rings is 1. The van der Waals surface area contributed by atoms with E-state index >= 15 is 0 Å². The second kappa shape index (κ2) is 14.7. The number of hydrogen-bond donors (Lipinski definition) is 4. The fourth-order valence-electron chi connectivity index (χ4n) is 4.04. The van der Waals surface area contributed by atoms with E-state index < -0.39 is 12.0 Å². The molecule has 0 saturated heterocycles. The molecule has 1 heterocycles. The first kappa shape index (κ1) is 26.9. The summed E-state index contributed by atoms with van der Waals surface area (Å²) in [6, 6.07) is 6.59. The molecular weight excluding hydrogens is 468 g/mol. The fraction of sp³-hybridized carbons (Fsp3) is 0.560. The van der Waals surface area contributed by atoms with Gasteiger partial charge >= 0.3 is 0 Å². The van der Waals surface area contributed by atoms with Crippen LogP contribution in [0.4, 0.5) is 0 Å². The van der Waals surface area contributed by atoms with Crippen molar-refractivity contribution < 1.29 is 24.2 Å². The Kier molecular flexibility index (Phi) is 11.3. The van der Waals surface area contributed by atoms with Crippen molar-refractivity contribution in [2.45, 2.75) is 51.0 Å². The van der Waals surface area contributed by atoms with E-state index in [-0.39, 0.29) is 12.5 Å². The van der Waals surface area contributed by atoms with Gasteiger partial charge in [-0.2, -0.15) is 0 Å². The zero-order valence-electron chi connectivity index (χ0n) is 20.0. The van der Waals surface area contributed by atoms with Gasteiger partial charge in [0.2, 0.25) is 5.91 Å². The Morgan fingerprint density at radius 3 is 2.66 bits per heavy atom. The van der Waals surface area contributed by atoms with Gasteiger partial charge in [-0.05, 0) is 43.0 Å². The lowest BCUT2D eigenvalue weighted by atomic mass is 9.86. The maximum absolute atomic E-state index is 12.3. The van der Waals surface area contributed by atoms with Crippen LogP contribution in [0.3, 0.4) is 0 Å². The first-order valence-electron chi connectivity index (χ1n) is 12.3. The summed E-state index contributed by atoms with van der Waals surface area (Å²) in [5.74, 6) is 0.840. The number of hydrogen-bond acceptors (Lipinski definition) is 8. The third kappa shape index (κ3) is 9.83. The first-order chi connectivity index (χ1) is 17.0. The number of carbonyl (C=O) groups is 2. The van der Waals surface area contributed by atoms with Gasteiger partial charge in [0.15, 0.2) is 0 Å². The Morgan fingerprint density at radius 2 is 1.91 bits per heavy atom. The van der Waals surface area contributed by atoms with Crippen LogP contribution in [0.2, 0.25) is 0 Å². The molecular formula is C25H36N4O5S. The highest BCUT2D eigenvalue weighted by atomic mass is 32.1. The minimum absolute atomic E-state index is 0.0679. The van der Waals surface area contributed by atoms with Gasteiger partial charge in [-0.15, -0.1) is 0 Å². The molecule has 1 aromatic heterocycles. The second-order valence-corrected chi connectivity index (χ2v) is 9.79. The van der Waals surface area contributed by atoms with Gasteiger partial charge in [-0.1, -0.05) is 43.4 Å². The molecule has 1 fully saturated rings. The summed E-state index contributed by atoms with van der Waals surface area (Å²) in [7, 11) is 0. The molecule has 1 atom stereocenters. The van der Waals surface area contributed by atoms with Crippen LogP contribution in [0.15, 0.2) is 30.5 Å². The zero-order chi connectivity index (χ0) is 24.9. The molecule has 5 N–H and O–H groups in total. The summed E-state index contributed by atoms with van der Waals surface area (Å²) in [5, 5.41) is 16.5. The molecule has 35 heavy (non-hydrogen) atoms. The largest absolute Gasteiger partial charge is 0.492 e. The molecule has 0 bridgehead atoms.